The molecule has 0 saturated heterocycles. The summed E-state index contributed by atoms with van der Waals surface area (Å²) in [4.78, 5) is 18.3. The number of rotatable bonds is 5. The number of anilines is 1. The number of carbonyl (C=O) groups is 1. The van der Waals surface area contributed by atoms with Gasteiger partial charge in [-0.15, -0.1) is 0 Å². The van der Waals surface area contributed by atoms with Gasteiger partial charge in [-0.1, -0.05) is 0 Å². The molecule has 1 aromatic rings. The minimum Gasteiger partial charge on any atom is -0.479 e. The van der Waals surface area contributed by atoms with Crippen molar-refractivity contribution in [2.75, 3.05) is 5.32 Å². The van der Waals surface area contributed by atoms with Crippen LogP contribution < -0.4 is 10.1 Å². The molecule has 0 fully saturated rings. The van der Waals surface area contributed by atoms with Crippen molar-refractivity contribution in [2.24, 2.45) is 0 Å². The summed E-state index contributed by atoms with van der Waals surface area (Å²) >= 11 is 0. The number of alkyl halides is 3. The number of aromatic nitrogens is 2. The third-order valence-electron chi connectivity index (χ3n) is 2.34. The Labute approximate surface area is 113 Å². The van der Waals surface area contributed by atoms with E-state index >= 15 is 0 Å². The zero-order valence-electron chi connectivity index (χ0n) is 11.0. The smallest absolute Gasteiger partial charge is 0.422 e. The summed E-state index contributed by atoms with van der Waals surface area (Å²) in [6.07, 6.45) is -3.04. The average molecular weight is 293 g/mol. The fourth-order valence-corrected chi connectivity index (χ4v) is 1.21. The quantitative estimate of drug-likeness (QED) is 0.864. The lowest BCUT2D eigenvalue weighted by atomic mass is 10.0. The van der Waals surface area contributed by atoms with Crippen molar-refractivity contribution in [3.05, 3.63) is 12.4 Å². The van der Waals surface area contributed by atoms with E-state index in [1.165, 1.54) is 6.20 Å². The number of hydrogen-bond acceptors (Lipinski definition) is 5. The van der Waals surface area contributed by atoms with Crippen LogP contribution in [0.15, 0.2) is 12.4 Å². The average Bonchev–Trinajstić information content (AvgIpc) is 2.26. The first-order chi connectivity index (χ1) is 9.06. The number of ether oxygens (including phenoxy) is 1. The van der Waals surface area contributed by atoms with Gasteiger partial charge in [0.1, 0.15) is 5.82 Å². The molecule has 0 saturated carbocycles. The molecule has 1 aromatic heterocycles. The highest BCUT2D eigenvalue weighted by Gasteiger charge is 2.57. The van der Waals surface area contributed by atoms with Crippen molar-refractivity contribution in [1.29, 1.82) is 0 Å². The van der Waals surface area contributed by atoms with Crippen LogP contribution in [0.2, 0.25) is 0 Å². The van der Waals surface area contributed by atoms with Crippen molar-refractivity contribution in [2.45, 2.75) is 38.6 Å². The van der Waals surface area contributed by atoms with Crippen LogP contribution in [0.3, 0.4) is 0 Å². The van der Waals surface area contributed by atoms with Gasteiger partial charge in [0.05, 0.1) is 18.5 Å². The Kier molecular flexibility index (Phi) is 4.41. The predicted molar refractivity (Wildman–Crippen MR) is 63.5 cm³/mol. The first-order valence-electron chi connectivity index (χ1n) is 5.63. The van der Waals surface area contributed by atoms with Crippen molar-refractivity contribution >= 4 is 11.8 Å². The second-order valence-corrected chi connectivity index (χ2v) is 4.46. The van der Waals surface area contributed by atoms with E-state index in [1.54, 1.807) is 13.8 Å². The zero-order valence-corrected chi connectivity index (χ0v) is 11.0. The number of nitrogens with zero attached hydrogens (tertiary/aromatic N) is 2. The highest BCUT2D eigenvalue weighted by atomic mass is 19.4. The number of nitrogens with one attached hydrogen (secondary N) is 1. The van der Waals surface area contributed by atoms with E-state index in [1.807, 2.05) is 5.32 Å². The number of aliphatic carboxylic acids is 1. The first kappa shape index (κ1) is 16.0. The highest BCUT2D eigenvalue weighted by molar-refractivity contribution is 5.83. The highest BCUT2D eigenvalue weighted by Crippen LogP contribution is 2.33. The number of carboxylic acid groups (broad SMARTS) is 1. The standard InChI is InChI=1S/C11H14F3N3O3/c1-6(2)20-8-5-15-4-7(16-8)17-10(3,9(18)19)11(12,13)14/h4-6H,1-3H3,(H,16,17)(H,18,19). The van der Waals surface area contributed by atoms with Crippen LogP contribution in [-0.2, 0) is 4.79 Å². The summed E-state index contributed by atoms with van der Waals surface area (Å²) < 4.78 is 43.7. The third-order valence-corrected chi connectivity index (χ3v) is 2.34. The molecule has 0 aliphatic rings. The summed E-state index contributed by atoms with van der Waals surface area (Å²) in [5.41, 5.74) is -3.17. The Hall–Kier alpha value is -2.06. The van der Waals surface area contributed by atoms with Crippen LogP contribution in [0.1, 0.15) is 20.8 Å². The van der Waals surface area contributed by atoms with Crippen LogP contribution >= 0.6 is 0 Å². The summed E-state index contributed by atoms with van der Waals surface area (Å²) in [5, 5.41) is 10.6. The third kappa shape index (κ3) is 3.49. The topological polar surface area (TPSA) is 84.3 Å². The molecule has 0 radical (unpaired) electrons. The number of hydrogen-bond donors (Lipinski definition) is 2. The molecule has 0 aliphatic carbocycles. The molecule has 0 spiro atoms. The van der Waals surface area contributed by atoms with Crippen LogP contribution in [0.5, 0.6) is 5.88 Å². The number of halogens is 3. The molecule has 9 heteroatoms. The molecule has 2 N–H and O–H groups in total. The van der Waals surface area contributed by atoms with E-state index in [4.69, 9.17) is 9.84 Å². The largest absolute Gasteiger partial charge is 0.479 e. The van der Waals surface area contributed by atoms with E-state index in [2.05, 4.69) is 9.97 Å². The van der Waals surface area contributed by atoms with Gasteiger partial charge in [0, 0.05) is 0 Å². The fraction of sp³-hybridized carbons (Fsp3) is 0.545. The Morgan fingerprint density at radius 2 is 2.00 bits per heavy atom. The zero-order chi connectivity index (χ0) is 15.6. The molecule has 1 atom stereocenters. The first-order valence-corrected chi connectivity index (χ1v) is 5.63. The molecule has 1 unspecified atom stereocenters. The maximum absolute atomic E-state index is 12.8. The van der Waals surface area contributed by atoms with E-state index < -0.39 is 17.7 Å². The Bertz CT molecular complexity index is 493. The maximum atomic E-state index is 12.8. The molecular weight excluding hydrogens is 279 g/mol. The van der Waals surface area contributed by atoms with Crippen molar-refractivity contribution in [1.82, 2.24) is 9.97 Å². The summed E-state index contributed by atoms with van der Waals surface area (Å²) in [6.45, 7) is 3.92. The molecule has 112 valence electrons. The van der Waals surface area contributed by atoms with Gasteiger partial charge in [0.15, 0.2) is 0 Å². The summed E-state index contributed by atoms with van der Waals surface area (Å²) in [7, 11) is 0. The van der Waals surface area contributed by atoms with Crippen LogP contribution in [0, 0.1) is 0 Å². The van der Waals surface area contributed by atoms with Gasteiger partial charge in [-0.05, 0) is 20.8 Å². The lowest BCUT2D eigenvalue weighted by Gasteiger charge is -2.28. The van der Waals surface area contributed by atoms with Gasteiger partial charge in [0.25, 0.3) is 0 Å². The van der Waals surface area contributed by atoms with Crippen molar-refractivity contribution in [3.63, 3.8) is 0 Å². The van der Waals surface area contributed by atoms with E-state index in [-0.39, 0.29) is 17.8 Å². The lowest BCUT2D eigenvalue weighted by molar-refractivity contribution is -0.193. The summed E-state index contributed by atoms with van der Waals surface area (Å²) in [6, 6.07) is 0. The second-order valence-electron chi connectivity index (χ2n) is 4.46. The SMILES string of the molecule is CC(C)Oc1cncc(NC(C)(C(=O)O)C(F)(F)F)n1. The van der Waals surface area contributed by atoms with Crippen LogP contribution in [-0.4, -0.2) is 38.9 Å². The number of carboxylic acids is 1. The fourth-order valence-electron chi connectivity index (χ4n) is 1.21. The molecule has 20 heavy (non-hydrogen) atoms. The van der Waals surface area contributed by atoms with Gasteiger partial charge in [-0.3, -0.25) is 4.98 Å². The van der Waals surface area contributed by atoms with Gasteiger partial charge >= 0.3 is 12.1 Å². The maximum Gasteiger partial charge on any atom is 0.422 e. The Balaban J connectivity index is 3.04. The van der Waals surface area contributed by atoms with Crippen LogP contribution in [0.4, 0.5) is 19.0 Å². The second kappa shape index (κ2) is 5.51. The Morgan fingerprint density at radius 1 is 1.40 bits per heavy atom. The molecular formula is C11H14F3N3O3. The van der Waals surface area contributed by atoms with E-state index in [9.17, 15) is 18.0 Å². The predicted octanol–water partition coefficient (Wildman–Crippen LogP) is 2.08. The van der Waals surface area contributed by atoms with Crippen molar-refractivity contribution < 1.29 is 27.8 Å². The lowest BCUT2D eigenvalue weighted by Crippen LogP contribution is -2.55. The van der Waals surface area contributed by atoms with Crippen molar-refractivity contribution in [3.8, 4) is 5.88 Å². The van der Waals surface area contributed by atoms with E-state index in [0.717, 1.165) is 6.20 Å². The molecule has 1 rings (SSSR count). The van der Waals surface area contributed by atoms with Gasteiger partial charge in [0.2, 0.25) is 11.4 Å². The van der Waals surface area contributed by atoms with Gasteiger partial charge < -0.3 is 15.2 Å². The Morgan fingerprint density at radius 3 is 2.45 bits per heavy atom. The minimum atomic E-state index is -5.00. The van der Waals surface area contributed by atoms with Gasteiger partial charge in [-0.25, -0.2) is 4.79 Å². The monoisotopic (exact) mass is 293 g/mol. The molecule has 0 aromatic carbocycles. The molecule has 0 bridgehead atoms. The summed E-state index contributed by atoms with van der Waals surface area (Å²) in [5.74, 6) is -2.41. The van der Waals surface area contributed by atoms with E-state index in [0.29, 0.717) is 6.92 Å². The normalized spacial score (nSPS) is 14.8. The molecule has 6 nitrogen and oxygen atoms in total. The minimum absolute atomic E-state index is 0.0000803. The molecule has 0 aliphatic heterocycles. The molecule has 0 amide bonds. The molecule has 1 heterocycles. The van der Waals surface area contributed by atoms with Gasteiger partial charge in [-0.2, -0.15) is 18.2 Å². The van der Waals surface area contributed by atoms with Crippen LogP contribution in [0.25, 0.3) is 0 Å².